The fourth-order valence-corrected chi connectivity index (χ4v) is 4.32. The summed E-state index contributed by atoms with van der Waals surface area (Å²) in [4.78, 5) is 53.5. The molecule has 0 unspecified atom stereocenters. The molecule has 3 aliphatic rings. The number of amides is 5. The molecule has 2 heterocycles. The summed E-state index contributed by atoms with van der Waals surface area (Å²) in [6.45, 7) is 0.651. The summed E-state index contributed by atoms with van der Waals surface area (Å²) in [5.41, 5.74) is 4.55. The molecular weight excluding hydrogens is 324 g/mol. The van der Waals surface area contributed by atoms with Gasteiger partial charge >= 0.3 is 6.03 Å². The molecule has 1 saturated carbocycles. The first-order chi connectivity index (χ1) is 11.9. The standard InChI is InChI=1S/C17H26N4O4/c1-19-16(25)21(15(24)17(19)7-3-2-4-8-17)11-13(22)20-9-5-12(6-10-20)14(18)23/h12H,2-11H2,1H3,(H2,18,23). The number of carbonyl (C=O) groups is 4. The van der Waals surface area contributed by atoms with Gasteiger partial charge in [-0.1, -0.05) is 19.3 Å². The van der Waals surface area contributed by atoms with Crippen LogP contribution in [0.4, 0.5) is 4.79 Å². The van der Waals surface area contributed by atoms with Crippen LogP contribution in [0.3, 0.4) is 0 Å². The molecule has 0 bridgehead atoms. The average molecular weight is 350 g/mol. The first kappa shape index (κ1) is 17.7. The Hall–Kier alpha value is -2.12. The van der Waals surface area contributed by atoms with E-state index in [9.17, 15) is 19.2 Å². The van der Waals surface area contributed by atoms with Gasteiger partial charge in [-0.15, -0.1) is 0 Å². The molecule has 3 fully saturated rings. The second-order valence-electron chi connectivity index (χ2n) is 7.38. The van der Waals surface area contributed by atoms with E-state index in [0.717, 1.165) is 24.2 Å². The Kier molecular flexibility index (Phi) is 4.71. The number of carbonyl (C=O) groups excluding carboxylic acids is 4. The molecule has 1 spiro atoms. The maximum atomic E-state index is 12.9. The van der Waals surface area contributed by atoms with Crippen molar-refractivity contribution >= 4 is 23.8 Å². The predicted octanol–water partition coefficient (Wildman–Crippen LogP) is 0.307. The van der Waals surface area contributed by atoms with Crippen LogP contribution in [0.25, 0.3) is 0 Å². The van der Waals surface area contributed by atoms with Crippen molar-refractivity contribution < 1.29 is 19.2 Å². The molecule has 2 saturated heterocycles. The van der Waals surface area contributed by atoms with Crippen LogP contribution in [0.1, 0.15) is 44.9 Å². The van der Waals surface area contributed by atoms with Crippen LogP contribution < -0.4 is 5.73 Å². The Morgan fingerprint density at radius 1 is 1.12 bits per heavy atom. The number of piperidine rings is 1. The number of nitrogens with two attached hydrogens (primary N) is 1. The lowest BCUT2D eigenvalue weighted by Crippen LogP contribution is -2.50. The summed E-state index contributed by atoms with van der Waals surface area (Å²) in [6, 6.07) is -0.382. The van der Waals surface area contributed by atoms with E-state index < -0.39 is 5.54 Å². The van der Waals surface area contributed by atoms with E-state index >= 15 is 0 Å². The van der Waals surface area contributed by atoms with Gasteiger partial charge in [0, 0.05) is 26.1 Å². The van der Waals surface area contributed by atoms with Crippen molar-refractivity contribution in [3.8, 4) is 0 Å². The van der Waals surface area contributed by atoms with Gasteiger partial charge in [0.1, 0.15) is 12.1 Å². The molecule has 2 aliphatic heterocycles. The highest BCUT2D eigenvalue weighted by Crippen LogP contribution is 2.39. The SMILES string of the molecule is CN1C(=O)N(CC(=O)N2CCC(C(N)=O)CC2)C(=O)C12CCCCC2. The second kappa shape index (κ2) is 6.65. The normalized spacial score (nSPS) is 24.3. The highest BCUT2D eigenvalue weighted by atomic mass is 16.2. The van der Waals surface area contributed by atoms with Gasteiger partial charge < -0.3 is 15.5 Å². The van der Waals surface area contributed by atoms with Gasteiger partial charge in [0.2, 0.25) is 11.8 Å². The van der Waals surface area contributed by atoms with Crippen LogP contribution in [0, 0.1) is 5.92 Å². The molecular formula is C17H26N4O4. The smallest absolute Gasteiger partial charge is 0.327 e. The van der Waals surface area contributed by atoms with E-state index in [1.165, 1.54) is 4.90 Å². The molecule has 2 N–H and O–H groups in total. The number of nitrogens with zero attached hydrogens (tertiary/aromatic N) is 3. The molecule has 0 radical (unpaired) electrons. The molecule has 0 atom stereocenters. The summed E-state index contributed by atoms with van der Waals surface area (Å²) in [6.07, 6.45) is 5.33. The third kappa shape index (κ3) is 2.98. The molecule has 8 nitrogen and oxygen atoms in total. The van der Waals surface area contributed by atoms with Crippen LogP contribution in [-0.2, 0) is 14.4 Å². The van der Waals surface area contributed by atoms with Crippen molar-refractivity contribution in [3.05, 3.63) is 0 Å². The first-order valence-electron chi connectivity index (χ1n) is 9.03. The molecule has 5 amide bonds. The van der Waals surface area contributed by atoms with Crippen LogP contribution in [-0.4, -0.2) is 70.7 Å². The highest BCUT2D eigenvalue weighted by molar-refractivity contribution is 6.08. The van der Waals surface area contributed by atoms with E-state index in [0.29, 0.717) is 38.8 Å². The summed E-state index contributed by atoms with van der Waals surface area (Å²) in [7, 11) is 1.66. The Balaban J connectivity index is 1.64. The average Bonchev–Trinajstić information content (AvgIpc) is 2.79. The molecule has 0 aromatic carbocycles. The summed E-state index contributed by atoms with van der Waals surface area (Å²) in [5.74, 6) is -1.01. The fraction of sp³-hybridized carbons (Fsp3) is 0.765. The van der Waals surface area contributed by atoms with Gasteiger partial charge in [-0.05, 0) is 25.7 Å². The lowest BCUT2D eigenvalue weighted by molar-refractivity contribution is -0.141. The van der Waals surface area contributed by atoms with E-state index in [1.807, 2.05) is 0 Å². The zero-order valence-electron chi connectivity index (χ0n) is 14.7. The van der Waals surface area contributed by atoms with Crippen LogP contribution >= 0.6 is 0 Å². The van der Waals surface area contributed by atoms with Gasteiger partial charge in [-0.3, -0.25) is 19.3 Å². The van der Waals surface area contributed by atoms with Crippen molar-refractivity contribution in [3.63, 3.8) is 0 Å². The van der Waals surface area contributed by atoms with Crippen molar-refractivity contribution in [2.24, 2.45) is 11.7 Å². The Labute approximate surface area is 147 Å². The van der Waals surface area contributed by atoms with Crippen molar-refractivity contribution in [2.75, 3.05) is 26.7 Å². The zero-order valence-corrected chi connectivity index (χ0v) is 14.7. The first-order valence-corrected chi connectivity index (χ1v) is 9.03. The van der Waals surface area contributed by atoms with Crippen molar-refractivity contribution in [2.45, 2.75) is 50.5 Å². The molecule has 25 heavy (non-hydrogen) atoms. The quantitative estimate of drug-likeness (QED) is 0.740. The Morgan fingerprint density at radius 3 is 2.28 bits per heavy atom. The Morgan fingerprint density at radius 2 is 1.72 bits per heavy atom. The van der Waals surface area contributed by atoms with E-state index in [2.05, 4.69) is 0 Å². The van der Waals surface area contributed by atoms with Gasteiger partial charge in [0.05, 0.1) is 0 Å². The summed E-state index contributed by atoms with van der Waals surface area (Å²) in [5, 5.41) is 0. The maximum absolute atomic E-state index is 12.9. The topological polar surface area (TPSA) is 104 Å². The Bertz CT molecular complexity index is 591. The summed E-state index contributed by atoms with van der Waals surface area (Å²) >= 11 is 0. The number of likely N-dealkylation sites (N-methyl/N-ethyl adjacent to an activating group) is 1. The third-order valence-electron chi connectivity index (χ3n) is 6.03. The minimum absolute atomic E-state index is 0.198. The second-order valence-corrected chi connectivity index (χ2v) is 7.38. The largest absolute Gasteiger partial charge is 0.369 e. The van der Waals surface area contributed by atoms with Crippen LogP contribution in [0.15, 0.2) is 0 Å². The monoisotopic (exact) mass is 350 g/mol. The van der Waals surface area contributed by atoms with Crippen LogP contribution in [0.2, 0.25) is 0 Å². The maximum Gasteiger partial charge on any atom is 0.327 e. The number of likely N-dealkylation sites (tertiary alicyclic amines) is 1. The summed E-state index contributed by atoms with van der Waals surface area (Å²) < 4.78 is 0. The van der Waals surface area contributed by atoms with Crippen molar-refractivity contribution in [1.82, 2.24) is 14.7 Å². The van der Waals surface area contributed by atoms with Gasteiger partial charge in [-0.2, -0.15) is 0 Å². The highest BCUT2D eigenvalue weighted by Gasteiger charge is 2.56. The van der Waals surface area contributed by atoms with E-state index in [-0.39, 0.29) is 36.2 Å². The molecule has 138 valence electrons. The van der Waals surface area contributed by atoms with Gasteiger partial charge in [0.25, 0.3) is 5.91 Å². The number of primary amides is 1. The number of rotatable bonds is 3. The van der Waals surface area contributed by atoms with Gasteiger partial charge in [0.15, 0.2) is 0 Å². The minimum Gasteiger partial charge on any atom is -0.369 e. The lowest BCUT2D eigenvalue weighted by atomic mass is 9.81. The number of hydrogen-bond acceptors (Lipinski definition) is 4. The van der Waals surface area contributed by atoms with E-state index in [4.69, 9.17) is 5.73 Å². The van der Waals surface area contributed by atoms with E-state index in [1.54, 1.807) is 11.9 Å². The number of imide groups is 1. The number of hydrogen-bond donors (Lipinski definition) is 1. The minimum atomic E-state index is -0.755. The number of urea groups is 1. The molecule has 0 aromatic heterocycles. The predicted molar refractivity (Wildman–Crippen MR) is 89.2 cm³/mol. The zero-order chi connectivity index (χ0) is 18.2. The molecule has 0 aromatic rings. The molecule has 1 aliphatic carbocycles. The van der Waals surface area contributed by atoms with Crippen molar-refractivity contribution in [1.29, 1.82) is 0 Å². The third-order valence-corrected chi connectivity index (χ3v) is 6.03. The van der Waals surface area contributed by atoms with Crippen LogP contribution in [0.5, 0.6) is 0 Å². The van der Waals surface area contributed by atoms with Gasteiger partial charge in [-0.25, -0.2) is 4.79 Å². The fourth-order valence-electron chi connectivity index (χ4n) is 4.32. The lowest BCUT2D eigenvalue weighted by Gasteiger charge is -2.36. The molecule has 8 heteroatoms. The molecule has 3 rings (SSSR count).